The fourth-order valence-corrected chi connectivity index (χ4v) is 5.29. The Morgan fingerprint density at radius 2 is 1.28 bits per heavy atom. The van der Waals surface area contributed by atoms with Gasteiger partial charge in [-0.2, -0.15) is 0 Å². The highest BCUT2D eigenvalue weighted by atomic mass is 16.5. The van der Waals surface area contributed by atoms with Crippen molar-refractivity contribution in [1.29, 1.82) is 0 Å². The van der Waals surface area contributed by atoms with E-state index >= 15 is 0 Å². The van der Waals surface area contributed by atoms with Crippen LogP contribution in [0, 0.1) is 11.3 Å². The third-order valence-electron chi connectivity index (χ3n) is 7.71. The van der Waals surface area contributed by atoms with Crippen molar-refractivity contribution in [1.82, 2.24) is 24.4 Å². The van der Waals surface area contributed by atoms with Crippen molar-refractivity contribution in [3.8, 4) is 0 Å². The molecule has 11 nitrogen and oxygen atoms in total. The Kier molecular flexibility index (Phi) is 10.5. The molecule has 0 saturated heterocycles. The SMILES string of the molecule is CC(C)(C)C(CCCCNCCCn1c(=O)[nH]c2ccccc2c1=O)C(=O)OCCCn1c(=O)[nH]c2ccccc2c1=O. The smallest absolute Gasteiger partial charge is 0.328 e. The minimum absolute atomic E-state index is 0.120. The van der Waals surface area contributed by atoms with Crippen LogP contribution in [0.2, 0.25) is 0 Å². The average Bonchev–Trinajstić information content (AvgIpc) is 2.96. The lowest BCUT2D eigenvalue weighted by molar-refractivity contribution is -0.153. The number of hydrogen-bond donors (Lipinski definition) is 3. The largest absolute Gasteiger partial charge is 0.465 e. The number of carbonyl (C=O) groups excluding carboxylic acids is 1. The van der Waals surface area contributed by atoms with E-state index < -0.39 is 11.4 Å². The average molecular weight is 592 g/mol. The highest BCUT2D eigenvalue weighted by molar-refractivity contribution is 5.77. The summed E-state index contributed by atoms with van der Waals surface area (Å²) < 4.78 is 7.96. The standard InChI is InChI=1S/C32H41N5O6/c1-32(2,3)24(29(40)43-21-11-20-37-28(39)23-13-5-7-16-26(23)35-31(37)42)14-8-9-17-33-18-10-19-36-27(38)22-12-4-6-15-25(22)34-30(36)41/h4-7,12-13,15-16,24,33H,8-11,14,17-21H2,1-3H3,(H,34,41)(H,35,42). The minimum atomic E-state index is -0.479. The van der Waals surface area contributed by atoms with Gasteiger partial charge in [0.05, 0.1) is 34.3 Å². The van der Waals surface area contributed by atoms with Gasteiger partial charge in [0.2, 0.25) is 0 Å². The quantitative estimate of drug-likeness (QED) is 0.151. The monoisotopic (exact) mass is 591 g/mol. The maximum atomic E-state index is 13.0. The molecule has 0 amide bonds. The van der Waals surface area contributed by atoms with E-state index in [0.29, 0.717) is 54.2 Å². The summed E-state index contributed by atoms with van der Waals surface area (Å²) in [4.78, 5) is 68.4. The predicted octanol–water partition coefficient (Wildman–Crippen LogP) is 3.14. The van der Waals surface area contributed by atoms with Crippen molar-refractivity contribution in [3.05, 3.63) is 90.2 Å². The van der Waals surface area contributed by atoms with Crippen LogP contribution in [-0.4, -0.2) is 44.8 Å². The van der Waals surface area contributed by atoms with E-state index in [-0.39, 0.29) is 41.6 Å². The van der Waals surface area contributed by atoms with E-state index in [9.17, 15) is 24.0 Å². The summed E-state index contributed by atoms with van der Waals surface area (Å²) in [7, 11) is 0. The summed E-state index contributed by atoms with van der Waals surface area (Å²) in [5, 5.41) is 4.29. The molecule has 3 N–H and O–H groups in total. The Morgan fingerprint density at radius 3 is 1.84 bits per heavy atom. The Bertz CT molecular complexity index is 1790. The molecule has 4 rings (SSSR count). The van der Waals surface area contributed by atoms with Crippen LogP contribution in [0.4, 0.5) is 0 Å². The maximum Gasteiger partial charge on any atom is 0.328 e. The molecule has 0 bridgehead atoms. The van der Waals surface area contributed by atoms with E-state index in [1.807, 2.05) is 20.8 Å². The molecule has 11 heteroatoms. The highest BCUT2D eigenvalue weighted by Gasteiger charge is 2.32. The van der Waals surface area contributed by atoms with Gasteiger partial charge >= 0.3 is 17.3 Å². The summed E-state index contributed by atoms with van der Waals surface area (Å²) in [6, 6.07) is 13.8. The number of aromatic amines is 2. The molecule has 0 fully saturated rings. The van der Waals surface area contributed by atoms with Crippen molar-refractivity contribution >= 4 is 27.8 Å². The summed E-state index contributed by atoms with van der Waals surface area (Å²) in [5.74, 6) is -0.558. The van der Waals surface area contributed by atoms with E-state index in [4.69, 9.17) is 4.74 Å². The number of esters is 1. The molecule has 0 aliphatic carbocycles. The molecule has 2 aromatic carbocycles. The summed E-state index contributed by atoms with van der Waals surface area (Å²) >= 11 is 0. The number of para-hydroxylation sites is 2. The number of rotatable bonds is 14. The van der Waals surface area contributed by atoms with E-state index in [1.165, 1.54) is 4.57 Å². The maximum absolute atomic E-state index is 13.0. The first kappa shape index (κ1) is 31.7. The lowest BCUT2D eigenvalue weighted by atomic mass is 9.78. The zero-order chi connectivity index (χ0) is 31.0. The Balaban J connectivity index is 1.17. The van der Waals surface area contributed by atoms with Gasteiger partial charge in [0.25, 0.3) is 11.1 Å². The van der Waals surface area contributed by atoms with Crippen LogP contribution < -0.4 is 27.8 Å². The van der Waals surface area contributed by atoms with Crippen molar-refractivity contribution in [3.63, 3.8) is 0 Å². The van der Waals surface area contributed by atoms with Crippen LogP contribution in [0.25, 0.3) is 21.8 Å². The summed E-state index contributed by atoms with van der Waals surface area (Å²) in [5.41, 5.74) is -0.764. The van der Waals surface area contributed by atoms with Gasteiger partial charge in [-0.15, -0.1) is 0 Å². The van der Waals surface area contributed by atoms with Gasteiger partial charge in [0.1, 0.15) is 0 Å². The van der Waals surface area contributed by atoms with Gasteiger partial charge in [-0.25, -0.2) is 9.59 Å². The number of nitrogens with zero attached hydrogens (tertiary/aromatic N) is 2. The molecule has 4 aromatic rings. The van der Waals surface area contributed by atoms with Gasteiger partial charge in [-0.05, 0) is 68.5 Å². The van der Waals surface area contributed by atoms with Crippen LogP contribution in [0.3, 0.4) is 0 Å². The zero-order valence-electron chi connectivity index (χ0n) is 25.1. The number of ether oxygens (including phenoxy) is 1. The number of unbranched alkanes of at least 4 members (excludes halogenated alkanes) is 1. The van der Waals surface area contributed by atoms with Crippen molar-refractivity contribution in [2.24, 2.45) is 11.3 Å². The van der Waals surface area contributed by atoms with Crippen LogP contribution >= 0.6 is 0 Å². The van der Waals surface area contributed by atoms with Gasteiger partial charge in [0, 0.05) is 13.1 Å². The molecule has 1 atom stereocenters. The first-order chi connectivity index (χ1) is 20.6. The molecule has 0 radical (unpaired) electrons. The predicted molar refractivity (Wildman–Crippen MR) is 168 cm³/mol. The van der Waals surface area contributed by atoms with E-state index in [1.54, 1.807) is 48.5 Å². The second kappa shape index (κ2) is 14.3. The molecule has 1 unspecified atom stereocenters. The molecule has 2 aromatic heterocycles. The third kappa shape index (κ3) is 7.98. The van der Waals surface area contributed by atoms with Gasteiger partial charge < -0.3 is 20.0 Å². The molecule has 0 aliphatic rings. The van der Waals surface area contributed by atoms with E-state index in [0.717, 1.165) is 24.0 Å². The number of hydrogen-bond acceptors (Lipinski definition) is 7. The topological polar surface area (TPSA) is 148 Å². The molecule has 2 heterocycles. The molecule has 0 saturated carbocycles. The normalized spacial score (nSPS) is 12.5. The van der Waals surface area contributed by atoms with Crippen LogP contribution in [-0.2, 0) is 22.6 Å². The first-order valence-corrected chi connectivity index (χ1v) is 14.9. The van der Waals surface area contributed by atoms with E-state index in [2.05, 4.69) is 15.3 Å². The second-order valence-corrected chi connectivity index (χ2v) is 11.9. The molecule has 230 valence electrons. The Hall–Kier alpha value is -4.25. The van der Waals surface area contributed by atoms with Gasteiger partial charge in [0.15, 0.2) is 0 Å². The second-order valence-electron chi connectivity index (χ2n) is 11.9. The summed E-state index contributed by atoms with van der Waals surface area (Å²) in [6.07, 6.45) is 3.36. The Morgan fingerprint density at radius 1 is 0.767 bits per heavy atom. The Labute approximate surface area is 248 Å². The molecular formula is C32H41N5O6. The van der Waals surface area contributed by atoms with Crippen molar-refractivity contribution < 1.29 is 9.53 Å². The zero-order valence-corrected chi connectivity index (χ0v) is 25.1. The number of carbonyl (C=O) groups is 1. The van der Waals surface area contributed by atoms with Crippen LogP contribution in [0.15, 0.2) is 67.7 Å². The number of fused-ring (bicyclic) bond motifs is 2. The van der Waals surface area contributed by atoms with Gasteiger partial charge in [-0.3, -0.25) is 23.5 Å². The number of aromatic nitrogens is 4. The lowest BCUT2D eigenvalue weighted by Gasteiger charge is -2.29. The molecular weight excluding hydrogens is 550 g/mol. The number of H-pyrrole nitrogens is 2. The van der Waals surface area contributed by atoms with Gasteiger partial charge in [-0.1, -0.05) is 51.5 Å². The van der Waals surface area contributed by atoms with Crippen molar-refractivity contribution in [2.75, 3.05) is 19.7 Å². The number of nitrogens with one attached hydrogen (secondary N) is 3. The summed E-state index contributed by atoms with van der Waals surface area (Å²) in [6.45, 7) is 8.06. The first-order valence-electron chi connectivity index (χ1n) is 14.9. The third-order valence-corrected chi connectivity index (χ3v) is 7.71. The lowest BCUT2D eigenvalue weighted by Crippen LogP contribution is -2.36. The number of benzene rings is 2. The fourth-order valence-electron chi connectivity index (χ4n) is 5.29. The highest BCUT2D eigenvalue weighted by Crippen LogP contribution is 2.31. The van der Waals surface area contributed by atoms with Crippen LogP contribution in [0.1, 0.15) is 52.9 Å². The fraction of sp³-hybridized carbons (Fsp3) is 0.469. The van der Waals surface area contributed by atoms with Crippen molar-refractivity contribution in [2.45, 2.75) is 66.0 Å². The molecule has 0 spiro atoms. The molecule has 0 aliphatic heterocycles. The van der Waals surface area contributed by atoms with Crippen LogP contribution in [0.5, 0.6) is 0 Å². The minimum Gasteiger partial charge on any atom is -0.465 e. The molecule has 43 heavy (non-hydrogen) atoms.